The van der Waals surface area contributed by atoms with Crippen LogP contribution in [0, 0.1) is 40.4 Å². The van der Waals surface area contributed by atoms with E-state index in [4.69, 9.17) is 0 Å². The number of hydrogen-bond acceptors (Lipinski definition) is 2. The molecule has 3 heteroatoms. The SMILES string of the molecule is CC(CC(=O)C1CCC2C3CCC4=CC(=O)C=CC4(C)C3CCC12C)CC(C)(C)F. The molecule has 4 aliphatic rings. The zero-order valence-electron chi connectivity index (χ0n) is 19.5. The van der Waals surface area contributed by atoms with E-state index in [-0.39, 0.29) is 28.4 Å². The number of alkyl halides is 1. The van der Waals surface area contributed by atoms with Gasteiger partial charge in [0.05, 0.1) is 0 Å². The second kappa shape index (κ2) is 7.41. The van der Waals surface area contributed by atoms with Crippen LogP contribution in [0.3, 0.4) is 0 Å². The molecule has 3 saturated carbocycles. The molecule has 0 saturated heterocycles. The van der Waals surface area contributed by atoms with Crippen molar-refractivity contribution in [3.05, 3.63) is 23.8 Å². The molecule has 0 amide bonds. The predicted molar refractivity (Wildman–Crippen MR) is 119 cm³/mol. The van der Waals surface area contributed by atoms with Gasteiger partial charge < -0.3 is 0 Å². The fourth-order valence-corrected chi connectivity index (χ4v) is 8.11. The van der Waals surface area contributed by atoms with Gasteiger partial charge in [0, 0.05) is 17.8 Å². The van der Waals surface area contributed by atoms with Crippen LogP contribution in [0.2, 0.25) is 0 Å². The number of carbonyl (C=O) groups excluding carboxylic acids is 2. The van der Waals surface area contributed by atoms with Crippen LogP contribution in [-0.2, 0) is 9.59 Å². The Hall–Kier alpha value is -1.25. The third-order valence-electron chi connectivity index (χ3n) is 9.33. The van der Waals surface area contributed by atoms with Crippen LogP contribution in [-0.4, -0.2) is 17.2 Å². The van der Waals surface area contributed by atoms with E-state index in [0.29, 0.717) is 36.4 Å². The summed E-state index contributed by atoms with van der Waals surface area (Å²) >= 11 is 0. The van der Waals surface area contributed by atoms with Gasteiger partial charge in [0.2, 0.25) is 0 Å². The molecule has 166 valence electrons. The average Bonchev–Trinajstić information content (AvgIpc) is 2.98. The van der Waals surface area contributed by atoms with Gasteiger partial charge in [-0.2, -0.15) is 0 Å². The van der Waals surface area contributed by atoms with Crippen molar-refractivity contribution in [3.8, 4) is 0 Å². The monoisotopic (exact) mass is 414 g/mol. The summed E-state index contributed by atoms with van der Waals surface area (Å²) in [6.07, 6.45) is 13.4. The highest BCUT2D eigenvalue weighted by molar-refractivity contribution is 6.01. The lowest BCUT2D eigenvalue weighted by Gasteiger charge is -2.57. The minimum absolute atomic E-state index is 0.0154. The van der Waals surface area contributed by atoms with Gasteiger partial charge >= 0.3 is 0 Å². The number of carbonyl (C=O) groups is 2. The second-order valence-corrected chi connectivity index (χ2v) is 12.0. The topological polar surface area (TPSA) is 34.1 Å². The zero-order chi connectivity index (χ0) is 21.9. The second-order valence-electron chi connectivity index (χ2n) is 12.0. The van der Waals surface area contributed by atoms with E-state index in [1.165, 1.54) is 5.57 Å². The molecule has 30 heavy (non-hydrogen) atoms. The van der Waals surface area contributed by atoms with E-state index in [1.807, 2.05) is 13.0 Å². The summed E-state index contributed by atoms with van der Waals surface area (Å²) in [5.41, 5.74) is 0.224. The van der Waals surface area contributed by atoms with Crippen molar-refractivity contribution < 1.29 is 14.0 Å². The van der Waals surface area contributed by atoms with Crippen molar-refractivity contribution >= 4 is 11.6 Å². The summed E-state index contributed by atoms with van der Waals surface area (Å²) in [6, 6.07) is 0. The molecule has 4 rings (SSSR count). The molecule has 0 spiro atoms. The molecular formula is C27H39FO2. The molecule has 7 unspecified atom stereocenters. The Morgan fingerprint density at radius 2 is 1.93 bits per heavy atom. The minimum atomic E-state index is -1.21. The summed E-state index contributed by atoms with van der Waals surface area (Å²) < 4.78 is 14.1. The highest BCUT2D eigenvalue weighted by atomic mass is 19.1. The van der Waals surface area contributed by atoms with Crippen LogP contribution in [0.25, 0.3) is 0 Å². The van der Waals surface area contributed by atoms with Crippen LogP contribution in [0.5, 0.6) is 0 Å². The highest BCUT2D eigenvalue weighted by Gasteiger charge is 2.59. The van der Waals surface area contributed by atoms with Crippen molar-refractivity contribution in [2.24, 2.45) is 40.4 Å². The van der Waals surface area contributed by atoms with E-state index in [2.05, 4.69) is 19.9 Å². The molecule has 4 aliphatic carbocycles. The van der Waals surface area contributed by atoms with Gasteiger partial charge in [0.15, 0.2) is 5.78 Å². The number of fused-ring (bicyclic) bond motifs is 5. The number of hydrogen-bond donors (Lipinski definition) is 0. The normalized spacial score (nSPS) is 41.5. The minimum Gasteiger partial charge on any atom is -0.299 e. The molecule has 3 fully saturated rings. The lowest BCUT2D eigenvalue weighted by molar-refractivity contribution is -0.130. The Morgan fingerprint density at radius 1 is 1.20 bits per heavy atom. The number of ketones is 2. The van der Waals surface area contributed by atoms with Crippen molar-refractivity contribution in [3.63, 3.8) is 0 Å². The van der Waals surface area contributed by atoms with Crippen molar-refractivity contribution in [1.82, 2.24) is 0 Å². The van der Waals surface area contributed by atoms with Crippen molar-refractivity contribution in [2.45, 2.75) is 91.7 Å². The molecule has 0 aliphatic heterocycles. The number of allylic oxidation sites excluding steroid dienone is 4. The number of rotatable bonds is 5. The first-order valence-electron chi connectivity index (χ1n) is 12.1. The summed E-state index contributed by atoms with van der Waals surface area (Å²) in [7, 11) is 0. The lowest BCUT2D eigenvalue weighted by atomic mass is 9.47. The van der Waals surface area contributed by atoms with E-state index in [9.17, 15) is 14.0 Å². The van der Waals surface area contributed by atoms with Crippen LogP contribution >= 0.6 is 0 Å². The fourth-order valence-electron chi connectivity index (χ4n) is 8.11. The van der Waals surface area contributed by atoms with Gasteiger partial charge in [-0.3, -0.25) is 9.59 Å². The molecule has 0 aromatic carbocycles. The smallest absolute Gasteiger partial charge is 0.178 e. The third-order valence-corrected chi connectivity index (χ3v) is 9.33. The Morgan fingerprint density at radius 3 is 2.63 bits per heavy atom. The van der Waals surface area contributed by atoms with E-state index in [1.54, 1.807) is 19.9 Å². The molecule has 2 nitrogen and oxygen atoms in total. The van der Waals surface area contributed by atoms with Gasteiger partial charge in [-0.25, -0.2) is 4.39 Å². The Balaban J connectivity index is 1.50. The van der Waals surface area contributed by atoms with Crippen LogP contribution in [0.4, 0.5) is 4.39 Å². The van der Waals surface area contributed by atoms with Crippen molar-refractivity contribution in [1.29, 1.82) is 0 Å². The van der Waals surface area contributed by atoms with Gasteiger partial charge in [-0.05, 0) is 100 Å². The summed E-state index contributed by atoms with van der Waals surface area (Å²) in [4.78, 5) is 25.2. The Bertz CT molecular complexity index is 787. The largest absolute Gasteiger partial charge is 0.299 e. The number of Topliss-reactive ketones (excluding diaryl/α,β-unsaturated/α-hetero) is 1. The summed E-state index contributed by atoms with van der Waals surface area (Å²) in [5, 5.41) is 0. The zero-order valence-corrected chi connectivity index (χ0v) is 19.5. The van der Waals surface area contributed by atoms with E-state index < -0.39 is 5.67 Å². The van der Waals surface area contributed by atoms with Crippen LogP contribution < -0.4 is 0 Å². The average molecular weight is 415 g/mol. The van der Waals surface area contributed by atoms with Crippen LogP contribution in [0.15, 0.2) is 23.8 Å². The van der Waals surface area contributed by atoms with Gasteiger partial charge in [-0.15, -0.1) is 0 Å². The summed E-state index contributed by atoms with van der Waals surface area (Å²) in [5.74, 6) is 2.58. The molecule has 0 N–H and O–H groups in total. The molecule has 0 radical (unpaired) electrons. The molecular weight excluding hydrogens is 375 g/mol. The quantitative estimate of drug-likeness (QED) is 0.505. The molecule has 0 aromatic heterocycles. The fraction of sp³-hybridized carbons (Fsp3) is 0.778. The molecule has 0 bridgehead atoms. The van der Waals surface area contributed by atoms with E-state index in [0.717, 1.165) is 38.5 Å². The van der Waals surface area contributed by atoms with E-state index >= 15 is 0 Å². The molecule has 7 atom stereocenters. The van der Waals surface area contributed by atoms with Crippen LogP contribution in [0.1, 0.15) is 86.0 Å². The first-order chi connectivity index (χ1) is 13.9. The Kier molecular flexibility index (Phi) is 5.43. The molecule has 0 aromatic rings. The lowest BCUT2D eigenvalue weighted by Crippen LogP contribution is -2.50. The first kappa shape index (κ1) is 22.0. The summed E-state index contributed by atoms with van der Waals surface area (Å²) in [6.45, 7) is 9.96. The van der Waals surface area contributed by atoms with Crippen molar-refractivity contribution in [2.75, 3.05) is 0 Å². The Labute approximate surface area is 181 Å². The van der Waals surface area contributed by atoms with Gasteiger partial charge in [0.1, 0.15) is 11.5 Å². The van der Waals surface area contributed by atoms with Gasteiger partial charge in [0.25, 0.3) is 0 Å². The highest BCUT2D eigenvalue weighted by Crippen LogP contribution is 2.66. The first-order valence-corrected chi connectivity index (χ1v) is 12.1. The maximum absolute atomic E-state index is 14.1. The predicted octanol–water partition coefficient (Wildman–Crippen LogP) is 6.64. The number of halogens is 1. The standard InChI is InChI=1S/C27H39FO2/c1-17(16-25(2,3)28)14-24(30)23-9-8-21-20-7-6-18-15-19(29)10-12-26(18,4)22(20)11-13-27(21,23)5/h10,12,15,17,20-23H,6-9,11,13-14,16H2,1-5H3. The third kappa shape index (κ3) is 3.65. The van der Waals surface area contributed by atoms with Gasteiger partial charge in [-0.1, -0.05) is 32.4 Å². The maximum Gasteiger partial charge on any atom is 0.178 e. The maximum atomic E-state index is 14.1. The molecule has 0 heterocycles.